The highest BCUT2D eigenvalue weighted by molar-refractivity contribution is 7.91. The predicted molar refractivity (Wildman–Crippen MR) is 96.1 cm³/mol. The number of nitrogens with zero attached hydrogens (tertiary/aromatic N) is 1. The molecular weight excluding hydrogens is 370 g/mol. The first-order chi connectivity index (χ1) is 12.9. The van der Waals surface area contributed by atoms with Crippen molar-refractivity contribution >= 4 is 15.7 Å². The number of aromatic amines is 1. The van der Waals surface area contributed by atoms with Crippen molar-refractivity contribution in [3.05, 3.63) is 70.2 Å². The van der Waals surface area contributed by atoms with Gasteiger partial charge in [0.25, 0.3) is 5.91 Å². The lowest BCUT2D eigenvalue weighted by molar-refractivity contribution is 0.0952. The molecule has 2 N–H and O–H groups in total. The maximum absolute atomic E-state index is 12.5. The molecular formula is C18H15N3O5S. The Hall–Kier alpha value is -3.20. The van der Waals surface area contributed by atoms with Crippen molar-refractivity contribution in [3.8, 4) is 11.4 Å². The van der Waals surface area contributed by atoms with E-state index in [2.05, 4.69) is 20.0 Å². The number of hydrogen-bond donors (Lipinski definition) is 2. The van der Waals surface area contributed by atoms with Gasteiger partial charge in [0.05, 0.1) is 10.6 Å². The van der Waals surface area contributed by atoms with Crippen LogP contribution in [0, 0.1) is 0 Å². The summed E-state index contributed by atoms with van der Waals surface area (Å²) in [5.41, 5.74) is 1.62. The molecule has 0 saturated carbocycles. The number of hydrogen-bond acceptors (Lipinski definition) is 6. The first-order valence-corrected chi connectivity index (χ1v) is 9.85. The van der Waals surface area contributed by atoms with Gasteiger partial charge in [-0.25, -0.2) is 13.2 Å². The maximum Gasteiger partial charge on any atom is 0.439 e. The van der Waals surface area contributed by atoms with Crippen LogP contribution in [0.5, 0.6) is 0 Å². The molecule has 2 aromatic carbocycles. The summed E-state index contributed by atoms with van der Waals surface area (Å²) in [5, 5.41) is 6.38. The summed E-state index contributed by atoms with van der Waals surface area (Å²) in [6.07, 6.45) is 0. The third-order valence-electron chi connectivity index (χ3n) is 4.46. The molecule has 0 saturated heterocycles. The largest absolute Gasteiger partial charge is 0.439 e. The van der Waals surface area contributed by atoms with Crippen LogP contribution < -0.4 is 11.1 Å². The molecule has 1 unspecified atom stereocenters. The Kier molecular flexibility index (Phi) is 4.15. The molecule has 4 rings (SSSR count). The number of rotatable bonds is 4. The average molecular weight is 385 g/mol. The molecule has 1 amide bonds. The minimum atomic E-state index is -3.31. The van der Waals surface area contributed by atoms with Crippen LogP contribution in [0.1, 0.15) is 21.8 Å². The van der Waals surface area contributed by atoms with Crippen molar-refractivity contribution in [2.75, 3.05) is 12.3 Å². The third-order valence-corrected chi connectivity index (χ3v) is 6.35. The normalized spacial score (nSPS) is 17.4. The van der Waals surface area contributed by atoms with Gasteiger partial charge in [0, 0.05) is 23.6 Å². The number of benzene rings is 2. The van der Waals surface area contributed by atoms with Crippen LogP contribution in [-0.4, -0.2) is 36.8 Å². The fraction of sp³-hybridized carbons (Fsp3) is 0.167. The van der Waals surface area contributed by atoms with E-state index in [4.69, 9.17) is 0 Å². The molecule has 0 radical (unpaired) electrons. The molecule has 2 heterocycles. The van der Waals surface area contributed by atoms with Crippen molar-refractivity contribution < 1.29 is 17.7 Å². The van der Waals surface area contributed by atoms with Crippen LogP contribution in [0.15, 0.2) is 62.7 Å². The molecule has 1 atom stereocenters. The fourth-order valence-corrected chi connectivity index (χ4v) is 5.08. The predicted octanol–water partition coefficient (Wildman–Crippen LogP) is 1.33. The first-order valence-electron chi connectivity index (χ1n) is 8.20. The van der Waals surface area contributed by atoms with Gasteiger partial charge < -0.3 is 5.32 Å². The van der Waals surface area contributed by atoms with Crippen LogP contribution >= 0.6 is 0 Å². The molecule has 1 aromatic heterocycles. The Bertz CT molecular complexity index is 1180. The number of carbonyl (C=O) groups is 1. The minimum Gasteiger partial charge on any atom is -0.351 e. The number of carbonyl (C=O) groups excluding carboxylic acids is 1. The lowest BCUT2D eigenvalue weighted by Crippen LogP contribution is -2.29. The van der Waals surface area contributed by atoms with Crippen molar-refractivity contribution in [2.24, 2.45) is 0 Å². The average Bonchev–Trinajstić information content (AvgIpc) is 3.21. The van der Waals surface area contributed by atoms with Crippen LogP contribution in [0.25, 0.3) is 11.4 Å². The van der Waals surface area contributed by atoms with Gasteiger partial charge in [-0.2, -0.15) is 0 Å². The summed E-state index contributed by atoms with van der Waals surface area (Å²) in [7, 11) is -3.31. The third kappa shape index (κ3) is 3.28. The number of aromatic nitrogens is 2. The Morgan fingerprint density at radius 2 is 2.04 bits per heavy atom. The van der Waals surface area contributed by atoms with E-state index < -0.39 is 15.6 Å². The smallest absolute Gasteiger partial charge is 0.351 e. The molecule has 0 spiro atoms. The van der Waals surface area contributed by atoms with E-state index in [1.807, 2.05) is 0 Å². The molecule has 9 heteroatoms. The monoisotopic (exact) mass is 385 g/mol. The van der Waals surface area contributed by atoms with Crippen molar-refractivity contribution in [3.63, 3.8) is 0 Å². The van der Waals surface area contributed by atoms with Crippen molar-refractivity contribution in [1.29, 1.82) is 0 Å². The van der Waals surface area contributed by atoms with Crippen LogP contribution in [0.3, 0.4) is 0 Å². The Morgan fingerprint density at radius 3 is 2.81 bits per heavy atom. The lowest BCUT2D eigenvalue weighted by atomic mass is 10.0. The van der Waals surface area contributed by atoms with Gasteiger partial charge in [-0.05, 0) is 23.8 Å². The van der Waals surface area contributed by atoms with E-state index >= 15 is 0 Å². The number of nitrogens with one attached hydrogen (secondary N) is 2. The SMILES string of the molecule is O=C(NCC1CS(=O)(=O)c2ccccc21)c1cccc(-c2noc(=O)[nH]2)c1. The quantitative estimate of drug-likeness (QED) is 0.699. The number of amides is 1. The second-order valence-electron chi connectivity index (χ2n) is 6.25. The zero-order valence-electron chi connectivity index (χ0n) is 14.0. The van der Waals surface area contributed by atoms with E-state index in [0.29, 0.717) is 16.0 Å². The van der Waals surface area contributed by atoms with Crippen LogP contribution in [0.4, 0.5) is 0 Å². The summed E-state index contributed by atoms with van der Waals surface area (Å²) < 4.78 is 28.9. The molecule has 0 fully saturated rings. The van der Waals surface area contributed by atoms with Gasteiger partial charge >= 0.3 is 5.76 Å². The van der Waals surface area contributed by atoms with E-state index in [-0.39, 0.29) is 29.9 Å². The Balaban J connectivity index is 1.50. The highest BCUT2D eigenvalue weighted by Gasteiger charge is 2.34. The highest BCUT2D eigenvalue weighted by Crippen LogP contribution is 2.34. The summed E-state index contributed by atoms with van der Waals surface area (Å²) >= 11 is 0. The number of sulfone groups is 1. The maximum atomic E-state index is 12.5. The van der Waals surface area contributed by atoms with Gasteiger partial charge in [-0.1, -0.05) is 35.5 Å². The molecule has 0 aliphatic carbocycles. The minimum absolute atomic E-state index is 0.0210. The van der Waals surface area contributed by atoms with Gasteiger partial charge in [-0.15, -0.1) is 0 Å². The summed E-state index contributed by atoms with van der Waals surface area (Å²) in [4.78, 5) is 26.3. The van der Waals surface area contributed by atoms with Crippen LogP contribution in [0.2, 0.25) is 0 Å². The summed E-state index contributed by atoms with van der Waals surface area (Å²) in [5.74, 6) is -1.10. The summed E-state index contributed by atoms with van der Waals surface area (Å²) in [6, 6.07) is 13.4. The lowest BCUT2D eigenvalue weighted by Gasteiger charge is -2.12. The molecule has 0 bridgehead atoms. The molecule has 1 aliphatic heterocycles. The van der Waals surface area contributed by atoms with Gasteiger partial charge in [-0.3, -0.25) is 14.3 Å². The molecule has 8 nitrogen and oxygen atoms in total. The number of fused-ring (bicyclic) bond motifs is 1. The van der Waals surface area contributed by atoms with Gasteiger partial charge in [0.15, 0.2) is 15.7 Å². The van der Waals surface area contributed by atoms with E-state index in [9.17, 15) is 18.0 Å². The molecule has 138 valence electrons. The zero-order valence-corrected chi connectivity index (χ0v) is 14.8. The molecule has 1 aliphatic rings. The second-order valence-corrected chi connectivity index (χ2v) is 8.25. The number of H-pyrrole nitrogens is 1. The Labute approximate surface area is 154 Å². The highest BCUT2D eigenvalue weighted by atomic mass is 32.2. The fourth-order valence-electron chi connectivity index (χ4n) is 3.19. The Morgan fingerprint density at radius 1 is 1.22 bits per heavy atom. The van der Waals surface area contributed by atoms with Crippen molar-refractivity contribution in [1.82, 2.24) is 15.5 Å². The summed E-state index contributed by atoms with van der Waals surface area (Å²) in [6.45, 7) is 0.208. The molecule has 27 heavy (non-hydrogen) atoms. The zero-order chi connectivity index (χ0) is 19.0. The van der Waals surface area contributed by atoms with Crippen molar-refractivity contribution in [2.45, 2.75) is 10.8 Å². The topological polar surface area (TPSA) is 122 Å². The van der Waals surface area contributed by atoms with E-state index in [1.54, 1.807) is 48.5 Å². The van der Waals surface area contributed by atoms with E-state index in [0.717, 1.165) is 5.56 Å². The van der Waals surface area contributed by atoms with Gasteiger partial charge in [0.1, 0.15) is 0 Å². The standard InChI is InChI=1S/C18H15N3O5S/c22-17(12-5-3-4-11(8-12)16-20-18(23)26-21-16)19-9-13-10-27(24,25)15-7-2-1-6-14(13)15/h1-8,13H,9-10H2,(H,19,22)(H,20,21,23). The molecule has 3 aromatic rings. The second kappa shape index (κ2) is 6.51. The van der Waals surface area contributed by atoms with Gasteiger partial charge in [0.2, 0.25) is 0 Å². The van der Waals surface area contributed by atoms with Crippen LogP contribution in [-0.2, 0) is 9.84 Å². The van der Waals surface area contributed by atoms with E-state index in [1.165, 1.54) is 0 Å². The first kappa shape index (κ1) is 17.2.